The molecule has 0 amide bonds. The third-order valence-electron chi connectivity index (χ3n) is 5.50. The molecule has 0 N–H and O–H groups in total. The van der Waals surface area contributed by atoms with Gasteiger partial charge in [0.05, 0.1) is 18.1 Å². The van der Waals surface area contributed by atoms with Crippen LogP contribution in [0.5, 0.6) is 17.2 Å². The highest BCUT2D eigenvalue weighted by molar-refractivity contribution is 7.80. The maximum Gasteiger partial charge on any atom is 0.309 e. The van der Waals surface area contributed by atoms with Crippen molar-refractivity contribution in [3.63, 3.8) is 0 Å². The monoisotopic (exact) mass is 559 g/mol. The van der Waals surface area contributed by atoms with E-state index in [1.807, 2.05) is 6.07 Å². The molecule has 7 nitrogen and oxygen atoms in total. The Morgan fingerprint density at radius 2 is 1.82 bits per heavy atom. The zero-order valence-corrected chi connectivity index (χ0v) is 22.8. The van der Waals surface area contributed by atoms with Crippen LogP contribution in [0.2, 0.25) is 5.02 Å². The van der Waals surface area contributed by atoms with Gasteiger partial charge in [0.25, 0.3) is 0 Å². The molecule has 0 aliphatic carbocycles. The van der Waals surface area contributed by atoms with E-state index in [0.29, 0.717) is 11.3 Å². The van der Waals surface area contributed by atoms with Crippen LogP contribution in [0.3, 0.4) is 0 Å². The molecule has 0 radical (unpaired) electrons. The summed E-state index contributed by atoms with van der Waals surface area (Å²) < 4.78 is 36.1. The Hall–Kier alpha value is -3.56. The Morgan fingerprint density at radius 1 is 1.11 bits per heavy atom. The number of benzene rings is 2. The highest BCUT2D eigenvalue weighted by Crippen LogP contribution is 2.34. The summed E-state index contributed by atoms with van der Waals surface area (Å²) in [5, 5.41) is 0.144. The fourth-order valence-corrected chi connectivity index (χ4v) is 4.31. The molecule has 0 saturated carbocycles. The van der Waals surface area contributed by atoms with E-state index in [2.05, 4.69) is 4.98 Å². The van der Waals surface area contributed by atoms with Crippen molar-refractivity contribution in [3.8, 4) is 17.2 Å². The zero-order chi connectivity index (χ0) is 27.8. The lowest BCUT2D eigenvalue weighted by Gasteiger charge is -2.27. The zero-order valence-electron chi connectivity index (χ0n) is 21.3. The van der Waals surface area contributed by atoms with E-state index in [9.17, 15) is 14.0 Å². The van der Waals surface area contributed by atoms with Crippen LogP contribution >= 0.6 is 23.8 Å². The van der Waals surface area contributed by atoms with E-state index < -0.39 is 35.9 Å². The van der Waals surface area contributed by atoms with Gasteiger partial charge in [0.1, 0.15) is 23.4 Å². The highest BCUT2D eigenvalue weighted by atomic mass is 35.5. The molecule has 0 spiro atoms. The van der Waals surface area contributed by atoms with E-state index in [4.69, 9.17) is 42.8 Å². The predicted octanol–water partition coefficient (Wildman–Crippen LogP) is 6.30. The van der Waals surface area contributed by atoms with Gasteiger partial charge in [0.2, 0.25) is 0 Å². The fourth-order valence-electron chi connectivity index (χ4n) is 3.64. The fraction of sp³-hybridized carbons (Fsp3) is 0.286. The number of hydrogen-bond donors (Lipinski definition) is 0. The summed E-state index contributed by atoms with van der Waals surface area (Å²) in [5.41, 5.74) is 0.692. The van der Waals surface area contributed by atoms with Crippen LogP contribution in [0, 0.1) is 11.7 Å². The van der Waals surface area contributed by atoms with E-state index in [0.717, 1.165) is 0 Å². The Balaban J connectivity index is 1.77. The third kappa shape index (κ3) is 7.49. The number of methoxy groups -OCH3 is 1. The number of para-hydroxylation sites is 1. The van der Waals surface area contributed by atoms with Gasteiger partial charge in [-0.15, -0.1) is 0 Å². The molecule has 10 heteroatoms. The average molecular weight is 560 g/mol. The summed E-state index contributed by atoms with van der Waals surface area (Å²) >= 11 is 11.8. The van der Waals surface area contributed by atoms with Gasteiger partial charge in [0.15, 0.2) is 17.6 Å². The lowest BCUT2D eigenvalue weighted by Crippen LogP contribution is -2.30. The molecule has 1 heterocycles. The number of aromatic nitrogens is 1. The van der Waals surface area contributed by atoms with Crippen LogP contribution in [-0.2, 0) is 14.3 Å². The van der Waals surface area contributed by atoms with Crippen molar-refractivity contribution in [3.05, 3.63) is 82.9 Å². The minimum atomic E-state index is -0.816. The molecule has 3 rings (SSSR count). The summed E-state index contributed by atoms with van der Waals surface area (Å²) in [5.74, 6) is -1.39. The first-order valence-electron chi connectivity index (χ1n) is 11.7. The van der Waals surface area contributed by atoms with Crippen LogP contribution in [0.25, 0.3) is 0 Å². The number of ether oxygens (including phenoxy) is 4. The van der Waals surface area contributed by atoms with Gasteiger partial charge in [-0.1, -0.05) is 55.0 Å². The number of nitrogens with zero attached hydrogens (tertiary/aromatic N) is 1. The number of hydrogen-bond acceptors (Lipinski definition) is 8. The quantitative estimate of drug-likeness (QED) is 0.154. The molecule has 1 aromatic heterocycles. The van der Waals surface area contributed by atoms with Gasteiger partial charge in [-0.25, -0.2) is 4.39 Å². The minimum Gasteiger partial charge on any atom is -0.493 e. The van der Waals surface area contributed by atoms with Crippen LogP contribution in [0.1, 0.15) is 44.6 Å². The Morgan fingerprint density at radius 3 is 2.45 bits per heavy atom. The van der Waals surface area contributed by atoms with E-state index in [1.165, 1.54) is 44.5 Å². The van der Waals surface area contributed by atoms with Crippen LogP contribution in [0.4, 0.5) is 4.39 Å². The summed E-state index contributed by atoms with van der Waals surface area (Å²) in [7, 11) is 1.43. The maximum atomic E-state index is 13.7. The normalized spacial score (nSPS) is 13.1. The van der Waals surface area contributed by atoms with Crippen molar-refractivity contribution >= 4 is 40.6 Å². The standard InChI is InChI=1S/C28H27ClFNO6S/c1-16(14-24(38)25-27(36-18(3)32)23(34-4)12-13-31-25)28(33)35-17(2)26(37-20-8-6-5-7-9-20)21-11-10-19(30)15-22(21)29/h5-13,15-17,26H,14H2,1-4H3/t16-,17+,26+/m1/s1. The van der Waals surface area contributed by atoms with Gasteiger partial charge in [-0.3, -0.25) is 14.6 Å². The smallest absolute Gasteiger partial charge is 0.309 e. The summed E-state index contributed by atoms with van der Waals surface area (Å²) in [6.45, 7) is 4.57. The largest absolute Gasteiger partial charge is 0.493 e. The van der Waals surface area contributed by atoms with Gasteiger partial charge in [-0.2, -0.15) is 0 Å². The predicted molar refractivity (Wildman–Crippen MR) is 144 cm³/mol. The highest BCUT2D eigenvalue weighted by Gasteiger charge is 2.30. The number of carbonyl (C=O) groups excluding carboxylic acids is 2. The lowest BCUT2D eigenvalue weighted by molar-refractivity contribution is -0.157. The second-order valence-electron chi connectivity index (χ2n) is 8.47. The van der Waals surface area contributed by atoms with Crippen molar-refractivity contribution in [2.75, 3.05) is 7.11 Å². The molecular formula is C28H27ClFNO6S. The number of carbonyl (C=O) groups is 2. The summed E-state index contributed by atoms with van der Waals surface area (Å²) in [4.78, 5) is 29.2. The summed E-state index contributed by atoms with van der Waals surface area (Å²) in [6.07, 6.45) is -0.0507. The topological polar surface area (TPSA) is 84.0 Å². The minimum absolute atomic E-state index is 0.0868. The molecule has 3 atom stereocenters. The molecule has 38 heavy (non-hydrogen) atoms. The molecule has 0 unspecified atom stereocenters. The lowest BCUT2D eigenvalue weighted by atomic mass is 10.0. The Bertz CT molecular complexity index is 1310. The van der Waals surface area contributed by atoms with Crippen LogP contribution in [0.15, 0.2) is 60.8 Å². The second-order valence-corrected chi connectivity index (χ2v) is 9.37. The van der Waals surface area contributed by atoms with Gasteiger partial charge >= 0.3 is 11.9 Å². The van der Waals surface area contributed by atoms with E-state index in [1.54, 1.807) is 38.1 Å². The Kier molecular flexibility index (Phi) is 10.2. The second kappa shape index (κ2) is 13.3. The van der Waals surface area contributed by atoms with Crippen molar-refractivity contribution in [2.45, 2.75) is 39.4 Å². The van der Waals surface area contributed by atoms with Crippen molar-refractivity contribution in [1.82, 2.24) is 4.98 Å². The Labute approximate surface area is 230 Å². The molecule has 0 saturated heterocycles. The number of esters is 2. The summed E-state index contributed by atoms with van der Waals surface area (Å²) in [6, 6.07) is 14.4. The van der Waals surface area contributed by atoms with Crippen molar-refractivity contribution in [2.24, 2.45) is 5.92 Å². The number of thiocarbonyl (C=S) groups is 1. The third-order valence-corrected chi connectivity index (χ3v) is 6.18. The molecule has 3 aromatic rings. The van der Waals surface area contributed by atoms with Gasteiger partial charge < -0.3 is 18.9 Å². The molecule has 0 fully saturated rings. The average Bonchev–Trinajstić information content (AvgIpc) is 2.87. The molecule has 2 aromatic carbocycles. The van der Waals surface area contributed by atoms with Crippen LogP contribution in [-0.4, -0.2) is 35.0 Å². The van der Waals surface area contributed by atoms with Crippen molar-refractivity contribution in [1.29, 1.82) is 0 Å². The van der Waals surface area contributed by atoms with Crippen LogP contribution < -0.4 is 14.2 Å². The first kappa shape index (κ1) is 29.0. The van der Waals surface area contributed by atoms with Gasteiger partial charge in [0, 0.05) is 29.6 Å². The number of pyridine rings is 1. The molecular weight excluding hydrogens is 533 g/mol. The number of rotatable bonds is 11. The maximum absolute atomic E-state index is 13.7. The molecule has 0 aliphatic heterocycles. The molecule has 0 bridgehead atoms. The number of halogens is 2. The van der Waals surface area contributed by atoms with E-state index >= 15 is 0 Å². The molecule has 200 valence electrons. The van der Waals surface area contributed by atoms with E-state index in [-0.39, 0.29) is 33.5 Å². The first-order chi connectivity index (χ1) is 18.1. The first-order valence-corrected chi connectivity index (χ1v) is 12.5. The van der Waals surface area contributed by atoms with Gasteiger partial charge in [-0.05, 0) is 37.6 Å². The SMILES string of the molecule is COc1ccnc(C(=S)C[C@@H](C)C(=O)O[C@@H](C)[C@H](Oc2ccccc2)c2ccc(F)cc2Cl)c1OC(C)=O. The molecule has 0 aliphatic rings. The van der Waals surface area contributed by atoms with Crippen molar-refractivity contribution < 1.29 is 32.9 Å².